The Kier molecular flexibility index (Phi) is 3.78. The Morgan fingerprint density at radius 3 is 2.44 bits per heavy atom. The molecule has 1 N–H and O–H groups in total. The first kappa shape index (κ1) is 13.6. The Balaban J connectivity index is 2.09. The highest BCUT2D eigenvalue weighted by Crippen LogP contribution is 2.48. The highest BCUT2D eigenvalue weighted by Gasteiger charge is 2.45. The Hall–Kier alpha value is -0.870. The minimum Gasteiger partial charge on any atom is -0.480 e. The van der Waals surface area contributed by atoms with Gasteiger partial charge in [-0.15, -0.1) is 0 Å². The smallest absolute Gasteiger partial charge is 0.320 e. The molecule has 0 amide bonds. The lowest BCUT2D eigenvalue weighted by molar-refractivity contribution is -0.142. The van der Waals surface area contributed by atoms with Gasteiger partial charge in [-0.2, -0.15) is 0 Å². The van der Waals surface area contributed by atoms with Crippen molar-refractivity contribution in [1.82, 2.24) is 4.90 Å². The number of carbonyl (C=O) groups is 1. The van der Waals surface area contributed by atoms with Gasteiger partial charge in [-0.05, 0) is 44.5 Å². The van der Waals surface area contributed by atoms with Crippen molar-refractivity contribution in [2.24, 2.45) is 0 Å². The Morgan fingerprint density at radius 1 is 1.44 bits per heavy atom. The SMILES string of the molecule is CC(C(=O)O)N(C)CC1(c2ccc(Br)cc2)CC1. The predicted molar refractivity (Wildman–Crippen MR) is 74.8 cm³/mol. The average Bonchev–Trinajstić information content (AvgIpc) is 3.09. The second-order valence-corrected chi connectivity index (χ2v) is 6.13. The minimum absolute atomic E-state index is 0.166. The van der Waals surface area contributed by atoms with Gasteiger partial charge in [0, 0.05) is 16.4 Å². The van der Waals surface area contributed by atoms with E-state index < -0.39 is 12.0 Å². The van der Waals surface area contributed by atoms with Crippen LogP contribution in [-0.4, -0.2) is 35.6 Å². The molecule has 0 aromatic heterocycles. The van der Waals surface area contributed by atoms with Crippen LogP contribution in [0.2, 0.25) is 0 Å². The quantitative estimate of drug-likeness (QED) is 0.909. The fourth-order valence-corrected chi connectivity index (χ4v) is 2.56. The number of hydrogen-bond acceptors (Lipinski definition) is 2. The molecule has 0 heterocycles. The van der Waals surface area contributed by atoms with Gasteiger partial charge in [0.15, 0.2) is 0 Å². The van der Waals surface area contributed by atoms with E-state index in [4.69, 9.17) is 5.11 Å². The van der Waals surface area contributed by atoms with Crippen LogP contribution >= 0.6 is 15.9 Å². The van der Waals surface area contributed by atoms with Crippen LogP contribution in [-0.2, 0) is 10.2 Å². The summed E-state index contributed by atoms with van der Waals surface area (Å²) < 4.78 is 1.08. The van der Waals surface area contributed by atoms with Gasteiger partial charge in [-0.1, -0.05) is 28.1 Å². The van der Waals surface area contributed by atoms with Gasteiger partial charge in [-0.3, -0.25) is 9.69 Å². The maximum Gasteiger partial charge on any atom is 0.320 e. The molecule has 4 heteroatoms. The Labute approximate surface area is 116 Å². The Bertz CT molecular complexity index is 440. The standard InChI is InChI=1S/C14H18BrNO2/c1-10(13(17)18)16(2)9-14(7-8-14)11-3-5-12(15)6-4-11/h3-6,10H,7-9H2,1-2H3,(H,17,18). The first-order chi connectivity index (χ1) is 8.44. The summed E-state index contributed by atoms with van der Waals surface area (Å²) in [6, 6.07) is 7.94. The third kappa shape index (κ3) is 2.75. The fourth-order valence-electron chi connectivity index (χ4n) is 2.30. The maximum atomic E-state index is 11.0. The molecule has 0 saturated heterocycles. The number of benzene rings is 1. The summed E-state index contributed by atoms with van der Waals surface area (Å²) in [5.74, 6) is -0.760. The molecule has 1 fully saturated rings. The van der Waals surface area contributed by atoms with E-state index in [1.165, 1.54) is 5.56 Å². The third-order valence-corrected chi connectivity index (χ3v) is 4.41. The fraction of sp³-hybridized carbons (Fsp3) is 0.500. The molecule has 1 saturated carbocycles. The number of likely N-dealkylation sites (N-methyl/N-ethyl adjacent to an activating group) is 1. The van der Waals surface area contributed by atoms with Crippen molar-refractivity contribution in [3.05, 3.63) is 34.3 Å². The maximum absolute atomic E-state index is 11.0. The van der Waals surface area contributed by atoms with Crippen molar-refractivity contribution in [3.8, 4) is 0 Å². The zero-order valence-corrected chi connectivity index (χ0v) is 12.3. The monoisotopic (exact) mass is 311 g/mol. The predicted octanol–water partition coefficient (Wildman–Crippen LogP) is 2.89. The molecule has 1 aliphatic rings. The van der Waals surface area contributed by atoms with Crippen LogP contribution in [0.5, 0.6) is 0 Å². The first-order valence-electron chi connectivity index (χ1n) is 6.14. The highest BCUT2D eigenvalue weighted by atomic mass is 79.9. The molecule has 0 aliphatic heterocycles. The van der Waals surface area contributed by atoms with E-state index in [-0.39, 0.29) is 5.41 Å². The second-order valence-electron chi connectivity index (χ2n) is 5.22. The summed E-state index contributed by atoms with van der Waals surface area (Å²) in [4.78, 5) is 12.9. The van der Waals surface area contributed by atoms with Crippen molar-refractivity contribution >= 4 is 21.9 Å². The van der Waals surface area contributed by atoms with E-state index in [0.29, 0.717) is 0 Å². The zero-order chi connectivity index (χ0) is 13.3. The van der Waals surface area contributed by atoms with Crippen LogP contribution in [0.1, 0.15) is 25.3 Å². The molecule has 98 valence electrons. The normalized spacial score (nSPS) is 18.7. The number of halogens is 1. The summed E-state index contributed by atoms with van der Waals surface area (Å²) >= 11 is 3.44. The number of carboxylic acid groups (broad SMARTS) is 1. The molecule has 1 aliphatic carbocycles. The molecule has 1 aromatic carbocycles. The van der Waals surface area contributed by atoms with E-state index in [2.05, 4.69) is 40.2 Å². The van der Waals surface area contributed by atoms with Gasteiger partial charge in [0.05, 0.1) is 0 Å². The lowest BCUT2D eigenvalue weighted by Gasteiger charge is -2.27. The third-order valence-electron chi connectivity index (χ3n) is 3.88. The first-order valence-corrected chi connectivity index (χ1v) is 6.93. The number of hydrogen-bond donors (Lipinski definition) is 1. The summed E-state index contributed by atoms with van der Waals surface area (Å²) in [5, 5.41) is 9.03. The van der Waals surface area contributed by atoms with Crippen LogP contribution in [0.4, 0.5) is 0 Å². The summed E-state index contributed by atoms with van der Waals surface area (Å²) in [5.41, 5.74) is 1.48. The van der Waals surface area contributed by atoms with Crippen molar-refractivity contribution in [1.29, 1.82) is 0 Å². The van der Waals surface area contributed by atoms with Gasteiger partial charge in [0.2, 0.25) is 0 Å². The molecular formula is C14H18BrNO2. The molecule has 0 spiro atoms. The molecular weight excluding hydrogens is 294 g/mol. The van der Waals surface area contributed by atoms with Crippen LogP contribution < -0.4 is 0 Å². The number of aliphatic carboxylic acids is 1. The second kappa shape index (κ2) is 5.02. The molecule has 0 radical (unpaired) electrons. The molecule has 2 rings (SSSR count). The van der Waals surface area contributed by atoms with Gasteiger partial charge < -0.3 is 5.11 Å². The van der Waals surface area contributed by atoms with Gasteiger partial charge >= 0.3 is 5.97 Å². The van der Waals surface area contributed by atoms with E-state index in [1.54, 1.807) is 6.92 Å². The molecule has 1 unspecified atom stereocenters. The topological polar surface area (TPSA) is 40.5 Å². The van der Waals surface area contributed by atoms with E-state index in [0.717, 1.165) is 23.9 Å². The molecule has 1 atom stereocenters. The minimum atomic E-state index is -0.760. The van der Waals surface area contributed by atoms with E-state index in [9.17, 15) is 4.79 Å². The number of nitrogens with zero attached hydrogens (tertiary/aromatic N) is 1. The highest BCUT2D eigenvalue weighted by molar-refractivity contribution is 9.10. The van der Waals surface area contributed by atoms with Crippen LogP contribution in [0.25, 0.3) is 0 Å². The van der Waals surface area contributed by atoms with Gasteiger partial charge in [0.1, 0.15) is 6.04 Å². The lowest BCUT2D eigenvalue weighted by Crippen LogP contribution is -2.40. The van der Waals surface area contributed by atoms with Gasteiger partial charge in [0.25, 0.3) is 0 Å². The summed E-state index contributed by atoms with van der Waals surface area (Å²) in [6.07, 6.45) is 2.29. The van der Waals surface area contributed by atoms with E-state index >= 15 is 0 Å². The Morgan fingerprint density at radius 2 is 2.00 bits per heavy atom. The molecule has 1 aromatic rings. The largest absolute Gasteiger partial charge is 0.480 e. The molecule has 3 nitrogen and oxygen atoms in total. The average molecular weight is 312 g/mol. The van der Waals surface area contributed by atoms with E-state index in [1.807, 2.05) is 11.9 Å². The lowest BCUT2D eigenvalue weighted by atomic mass is 9.95. The van der Waals surface area contributed by atoms with Crippen molar-refractivity contribution in [2.45, 2.75) is 31.2 Å². The van der Waals surface area contributed by atoms with Crippen molar-refractivity contribution in [3.63, 3.8) is 0 Å². The van der Waals surface area contributed by atoms with Crippen molar-refractivity contribution in [2.75, 3.05) is 13.6 Å². The summed E-state index contributed by atoms with van der Waals surface area (Å²) in [7, 11) is 1.89. The zero-order valence-electron chi connectivity index (χ0n) is 10.7. The van der Waals surface area contributed by atoms with Crippen LogP contribution in [0.3, 0.4) is 0 Å². The molecule has 18 heavy (non-hydrogen) atoms. The van der Waals surface area contributed by atoms with Crippen molar-refractivity contribution < 1.29 is 9.90 Å². The number of carboxylic acids is 1. The van der Waals surface area contributed by atoms with Crippen LogP contribution in [0.15, 0.2) is 28.7 Å². The van der Waals surface area contributed by atoms with Crippen LogP contribution in [0, 0.1) is 0 Å². The number of rotatable bonds is 5. The van der Waals surface area contributed by atoms with Gasteiger partial charge in [-0.25, -0.2) is 0 Å². The summed E-state index contributed by atoms with van der Waals surface area (Å²) in [6.45, 7) is 2.54. The molecule has 0 bridgehead atoms.